The van der Waals surface area contributed by atoms with Crippen LogP contribution in [0.4, 0.5) is 20.2 Å². The molecule has 0 spiro atoms. The molecule has 1 aromatic heterocycles. The highest BCUT2D eigenvalue weighted by molar-refractivity contribution is 6.08. The predicted octanol–water partition coefficient (Wildman–Crippen LogP) is 4.07. The summed E-state index contributed by atoms with van der Waals surface area (Å²) in [4.78, 5) is 39.9. The fourth-order valence-electron chi connectivity index (χ4n) is 2.46. The summed E-state index contributed by atoms with van der Waals surface area (Å²) in [5, 5.41) is 5.04. The SMILES string of the molecule is CC(=O)c1ccc(NC(=O)c2cc(C(=O)Nc3ccc(F)c(F)c3)ccn2)cc1. The Kier molecular flexibility index (Phi) is 5.73. The fourth-order valence-corrected chi connectivity index (χ4v) is 2.46. The minimum absolute atomic E-state index is 0.0152. The quantitative estimate of drug-likeness (QED) is 0.638. The van der Waals surface area contributed by atoms with Crippen molar-refractivity contribution < 1.29 is 23.2 Å². The average Bonchev–Trinajstić information content (AvgIpc) is 2.71. The normalized spacial score (nSPS) is 10.3. The van der Waals surface area contributed by atoms with Gasteiger partial charge in [-0.15, -0.1) is 0 Å². The van der Waals surface area contributed by atoms with Crippen LogP contribution in [0.5, 0.6) is 0 Å². The number of aromatic nitrogens is 1. The van der Waals surface area contributed by atoms with Crippen molar-refractivity contribution in [1.82, 2.24) is 4.98 Å². The molecular weight excluding hydrogens is 380 g/mol. The van der Waals surface area contributed by atoms with Gasteiger partial charge in [-0.25, -0.2) is 8.78 Å². The second-order valence-corrected chi connectivity index (χ2v) is 6.10. The Balaban J connectivity index is 1.72. The number of nitrogens with one attached hydrogen (secondary N) is 2. The van der Waals surface area contributed by atoms with E-state index in [0.29, 0.717) is 11.3 Å². The lowest BCUT2D eigenvalue weighted by Gasteiger charge is -2.08. The van der Waals surface area contributed by atoms with Crippen molar-refractivity contribution in [3.63, 3.8) is 0 Å². The first-order chi connectivity index (χ1) is 13.8. The highest BCUT2D eigenvalue weighted by Gasteiger charge is 2.13. The molecule has 0 saturated heterocycles. The zero-order valence-electron chi connectivity index (χ0n) is 15.2. The summed E-state index contributed by atoms with van der Waals surface area (Å²) in [5.41, 5.74) is 1.14. The van der Waals surface area contributed by atoms with Crippen molar-refractivity contribution in [1.29, 1.82) is 0 Å². The molecule has 0 aliphatic carbocycles. The molecule has 2 N–H and O–H groups in total. The summed E-state index contributed by atoms with van der Waals surface area (Å²) in [6.07, 6.45) is 1.29. The number of amides is 2. The molecule has 0 bridgehead atoms. The van der Waals surface area contributed by atoms with Crippen LogP contribution in [0.2, 0.25) is 0 Å². The molecule has 1 heterocycles. The minimum Gasteiger partial charge on any atom is -0.322 e. The minimum atomic E-state index is -1.09. The number of pyridine rings is 1. The van der Waals surface area contributed by atoms with Crippen LogP contribution in [0, 0.1) is 11.6 Å². The molecule has 8 heteroatoms. The average molecular weight is 395 g/mol. The van der Waals surface area contributed by atoms with Gasteiger partial charge in [0.2, 0.25) is 0 Å². The molecular formula is C21H15F2N3O3. The molecule has 0 unspecified atom stereocenters. The van der Waals surface area contributed by atoms with E-state index in [0.717, 1.165) is 12.1 Å². The van der Waals surface area contributed by atoms with Crippen LogP contribution in [-0.4, -0.2) is 22.6 Å². The van der Waals surface area contributed by atoms with Crippen molar-refractivity contribution in [2.75, 3.05) is 10.6 Å². The van der Waals surface area contributed by atoms with Gasteiger partial charge in [-0.2, -0.15) is 0 Å². The van der Waals surface area contributed by atoms with Crippen molar-refractivity contribution >= 4 is 29.0 Å². The Bertz CT molecular complexity index is 1100. The number of benzene rings is 2. The van der Waals surface area contributed by atoms with Crippen molar-refractivity contribution in [3.05, 3.63) is 89.2 Å². The van der Waals surface area contributed by atoms with Gasteiger partial charge < -0.3 is 10.6 Å². The Morgan fingerprint density at radius 3 is 2.07 bits per heavy atom. The first-order valence-corrected chi connectivity index (χ1v) is 8.48. The molecule has 0 aliphatic heterocycles. The van der Waals surface area contributed by atoms with E-state index in [1.165, 1.54) is 31.3 Å². The van der Waals surface area contributed by atoms with Crippen LogP contribution in [-0.2, 0) is 0 Å². The van der Waals surface area contributed by atoms with Crippen molar-refractivity contribution in [2.24, 2.45) is 0 Å². The van der Waals surface area contributed by atoms with E-state index in [1.807, 2.05) is 0 Å². The first-order valence-electron chi connectivity index (χ1n) is 8.48. The van der Waals surface area contributed by atoms with E-state index in [1.54, 1.807) is 24.3 Å². The lowest BCUT2D eigenvalue weighted by Crippen LogP contribution is -2.17. The second kappa shape index (κ2) is 8.39. The predicted molar refractivity (Wildman–Crippen MR) is 103 cm³/mol. The van der Waals surface area contributed by atoms with Gasteiger partial charge >= 0.3 is 0 Å². The summed E-state index contributed by atoms with van der Waals surface area (Å²) in [5.74, 6) is -3.37. The lowest BCUT2D eigenvalue weighted by atomic mass is 10.1. The maximum absolute atomic E-state index is 13.3. The van der Waals surface area contributed by atoms with Crippen LogP contribution in [0.15, 0.2) is 60.8 Å². The van der Waals surface area contributed by atoms with Gasteiger partial charge in [-0.3, -0.25) is 19.4 Å². The van der Waals surface area contributed by atoms with E-state index in [-0.39, 0.29) is 22.7 Å². The van der Waals surface area contributed by atoms with Gasteiger partial charge in [0.15, 0.2) is 17.4 Å². The zero-order valence-corrected chi connectivity index (χ0v) is 15.2. The van der Waals surface area contributed by atoms with Gasteiger partial charge in [0, 0.05) is 34.8 Å². The first kappa shape index (κ1) is 19.8. The molecule has 6 nitrogen and oxygen atoms in total. The van der Waals surface area contributed by atoms with Crippen molar-refractivity contribution in [2.45, 2.75) is 6.92 Å². The number of Topliss-reactive ketones (excluding diaryl/α,β-unsaturated/α-hetero) is 1. The maximum Gasteiger partial charge on any atom is 0.274 e. The second-order valence-electron chi connectivity index (χ2n) is 6.10. The molecule has 0 atom stereocenters. The van der Waals surface area contributed by atoms with Crippen LogP contribution < -0.4 is 10.6 Å². The Morgan fingerprint density at radius 1 is 0.759 bits per heavy atom. The summed E-state index contributed by atoms with van der Waals surface area (Å²) < 4.78 is 26.3. The molecule has 0 aliphatic rings. The number of halogens is 2. The topological polar surface area (TPSA) is 88.2 Å². The fraction of sp³-hybridized carbons (Fsp3) is 0.0476. The molecule has 2 amide bonds. The molecule has 29 heavy (non-hydrogen) atoms. The maximum atomic E-state index is 13.3. The number of ketones is 1. The summed E-state index contributed by atoms with van der Waals surface area (Å²) >= 11 is 0. The van der Waals surface area contributed by atoms with Crippen LogP contribution in [0.25, 0.3) is 0 Å². The Morgan fingerprint density at radius 2 is 1.41 bits per heavy atom. The van der Waals surface area contributed by atoms with E-state index in [9.17, 15) is 23.2 Å². The van der Waals surface area contributed by atoms with Crippen LogP contribution in [0.3, 0.4) is 0 Å². The summed E-state index contributed by atoms with van der Waals surface area (Å²) in [6, 6.07) is 11.9. The summed E-state index contributed by atoms with van der Waals surface area (Å²) in [7, 11) is 0. The monoisotopic (exact) mass is 395 g/mol. The molecule has 0 saturated carbocycles. The number of anilines is 2. The third-order valence-corrected chi connectivity index (χ3v) is 3.98. The van der Waals surface area contributed by atoms with Gasteiger partial charge in [-0.05, 0) is 55.5 Å². The number of rotatable bonds is 5. The number of hydrogen-bond donors (Lipinski definition) is 2. The largest absolute Gasteiger partial charge is 0.322 e. The van der Waals surface area contributed by atoms with Gasteiger partial charge in [0.1, 0.15) is 5.69 Å². The lowest BCUT2D eigenvalue weighted by molar-refractivity contribution is 0.101. The van der Waals surface area contributed by atoms with Crippen LogP contribution in [0.1, 0.15) is 38.1 Å². The highest BCUT2D eigenvalue weighted by Crippen LogP contribution is 2.15. The van der Waals surface area contributed by atoms with Gasteiger partial charge in [0.25, 0.3) is 11.8 Å². The standard InChI is InChI=1S/C21H15F2N3O3/c1-12(27)13-2-4-15(5-3-13)25-21(29)19-10-14(8-9-24-19)20(28)26-16-6-7-17(22)18(23)11-16/h2-11H,1H3,(H,25,29)(H,26,28). The van der Waals surface area contributed by atoms with Gasteiger partial charge in [-0.1, -0.05) is 0 Å². The Hall–Kier alpha value is -3.94. The number of carbonyl (C=O) groups excluding carboxylic acids is 3. The van der Waals surface area contributed by atoms with E-state index in [2.05, 4.69) is 15.6 Å². The zero-order chi connectivity index (χ0) is 21.0. The van der Waals surface area contributed by atoms with Crippen molar-refractivity contribution in [3.8, 4) is 0 Å². The number of nitrogens with zero attached hydrogens (tertiary/aromatic N) is 1. The molecule has 0 fully saturated rings. The van der Waals surface area contributed by atoms with E-state index < -0.39 is 23.4 Å². The number of hydrogen-bond acceptors (Lipinski definition) is 4. The molecule has 2 aromatic carbocycles. The summed E-state index contributed by atoms with van der Waals surface area (Å²) in [6.45, 7) is 1.44. The molecule has 146 valence electrons. The van der Waals surface area contributed by atoms with E-state index in [4.69, 9.17) is 0 Å². The molecule has 3 aromatic rings. The molecule has 0 radical (unpaired) electrons. The van der Waals surface area contributed by atoms with E-state index >= 15 is 0 Å². The third-order valence-electron chi connectivity index (χ3n) is 3.98. The van der Waals surface area contributed by atoms with Gasteiger partial charge in [0.05, 0.1) is 0 Å². The molecule has 3 rings (SSSR count). The highest BCUT2D eigenvalue weighted by atomic mass is 19.2. The third kappa shape index (κ3) is 4.86. The smallest absolute Gasteiger partial charge is 0.274 e. The Labute approximate surface area is 164 Å². The van der Waals surface area contributed by atoms with Crippen LogP contribution >= 0.6 is 0 Å². The number of carbonyl (C=O) groups is 3.